The summed E-state index contributed by atoms with van der Waals surface area (Å²) in [5.41, 5.74) is 0.721. The smallest absolute Gasteiger partial charge is 0.243 e. The summed E-state index contributed by atoms with van der Waals surface area (Å²) in [6.07, 6.45) is -1.24. The SMILES string of the molecule is O=S1(=O)C[C@@H](N(Cc2ccccc2)S(=O)(=O)c2ccccc2)[C@@H](O)C1. The van der Waals surface area contributed by atoms with Gasteiger partial charge in [-0.1, -0.05) is 48.5 Å². The van der Waals surface area contributed by atoms with Crippen LogP contribution >= 0.6 is 0 Å². The van der Waals surface area contributed by atoms with Crippen LogP contribution in [0.25, 0.3) is 0 Å². The fourth-order valence-corrected chi connectivity index (χ4v) is 6.52. The molecule has 0 saturated carbocycles. The maximum atomic E-state index is 13.1. The molecule has 1 aliphatic heterocycles. The minimum atomic E-state index is -3.96. The molecule has 8 heteroatoms. The normalized spacial score (nSPS) is 23.0. The molecule has 2 atom stereocenters. The summed E-state index contributed by atoms with van der Waals surface area (Å²) < 4.78 is 51.1. The molecule has 1 fully saturated rings. The summed E-state index contributed by atoms with van der Waals surface area (Å²) in [6, 6.07) is 15.7. The molecule has 134 valence electrons. The van der Waals surface area contributed by atoms with Gasteiger partial charge in [-0.15, -0.1) is 0 Å². The lowest BCUT2D eigenvalue weighted by Crippen LogP contribution is -2.46. The number of hydrogen-bond acceptors (Lipinski definition) is 5. The Balaban J connectivity index is 2.03. The van der Waals surface area contributed by atoms with Gasteiger partial charge in [-0.25, -0.2) is 16.8 Å². The van der Waals surface area contributed by atoms with Crippen LogP contribution in [0, 0.1) is 0 Å². The number of rotatable bonds is 5. The first-order valence-corrected chi connectivity index (χ1v) is 11.0. The zero-order valence-corrected chi connectivity index (χ0v) is 15.0. The van der Waals surface area contributed by atoms with Crippen LogP contribution in [0.5, 0.6) is 0 Å². The number of benzene rings is 2. The molecular formula is C17H19NO5S2. The molecule has 1 saturated heterocycles. The number of nitrogens with zero attached hydrogens (tertiary/aromatic N) is 1. The van der Waals surface area contributed by atoms with Gasteiger partial charge in [0.15, 0.2) is 9.84 Å². The maximum absolute atomic E-state index is 13.1. The predicted octanol–water partition coefficient (Wildman–Crippen LogP) is 1.04. The first-order valence-electron chi connectivity index (χ1n) is 7.79. The van der Waals surface area contributed by atoms with Crippen molar-refractivity contribution < 1.29 is 21.9 Å². The molecule has 0 bridgehead atoms. The van der Waals surface area contributed by atoms with Crippen LogP contribution in [0.4, 0.5) is 0 Å². The fourth-order valence-electron chi connectivity index (χ4n) is 2.96. The molecule has 2 aromatic carbocycles. The number of aliphatic hydroxyl groups is 1. The highest BCUT2D eigenvalue weighted by Gasteiger charge is 2.44. The molecular weight excluding hydrogens is 362 g/mol. The molecule has 25 heavy (non-hydrogen) atoms. The third-order valence-corrected chi connectivity index (χ3v) is 7.78. The van der Waals surface area contributed by atoms with Crippen molar-refractivity contribution in [3.05, 3.63) is 66.2 Å². The molecule has 0 spiro atoms. The average molecular weight is 381 g/mol. The molecule has 2 aromatic rings. The molecule has 0 unspecified atom stereocenters. The Hall–Kier alpha value is -1.74. The van der Waals surface area contributed by atoms with E-state index in [1.807, 2.05) is 6.07 Å². The minimum absolute atomic E-state index is 0.00465. The quantitative estimate of drug-likeness (QED) is 0.835. The van der Waals surface area contributed by atoms with E-state index in [2.05, 4.69) is 0 Å². The van der Waals surface area contributed by atoms with E-state index in [0.717, 1.165) is 9.87 Å². The summed E-state index contributed by atoms with van der Waals surface area (Å²) >= 11 is 0. The van der Waals surface area contributed by atoms with Crippen LogP contribution in [0.2, 0.25) is 0 Å². The number of hydrogen-bond donors (Lipinski definition) is 1. The van der Waals surface area contributed by atoms with Crippen LogP contribution < -0.4 is 0 Å². The van der Waals surface area contributed by atoms with E-state index < -0.39 is 37.8 Å². The molecule has 3 rings (SSSR count). The van der Waals surface area contributed by atoms with Crippen molar-refractivity contribution in [1.82, 2.24) is 4.31 Å². The highest BCUT2D eigenvalue weighted by Crippen LogP contribution is 2.27. The van der Waals surface area contributed by atoms with E-state index in [0.29, 0.717) is 0 Å². The van der Waals surface area contributed by atoms with Crippen LogP contribution in [0.1, 0.15) is 5.56 Å². The Kier molecular flexibility index (Phi) is 4.97. The van der Waals surface area contributed by atoms with Crippen molar-refractivity contribution in [3.63, 3.8) is 0 Å². The number of sulfone groups is 1. The van der Waals surface area contributed by atoms with Gasteiger partial charge in [0, 0.05) is 6.54 Å². The summed E-state index contributed by atoms with van der Waals surface area (Å²) in [7, 11) is -7.44. The summed E-state index contributed by atoms with van der Waals surface area (Å²) in [4.78, 5) is 0.0717. The minimum Gasteiger partial charge on any atom is -0.390 e. The van der Waals surface area contributed by atoms with Gasteiger partial charge < -0.3 is 5.11 Å². The van der Waals surface area contributed by atoms with Crippen molar-refractivity contribution in [3.8, 4) is 0 Å². The van der Waals surface area contributed by atoms with Crippen molar-refractivity contribution in [1.29, 1.82) is 0 Å². The highest BCUT2D eigenvalue weighted by molar-refractivity contribution is 7.92. The highest BCUT2D eigenvalue weighted by atomic mass is 32.2. The molecule has 1 N–H and O–H groups in total. The van der Waals surface area contributed by atoms with Crippen LogP contribution in [-0.4, -0.2) is 49.9 Å². The van der Waals surface area contributed by atoms with Crippen molar-refractivity contribution >= 4 is 19.9 Å². The lowest BCUT2D eigenvalue weighted by atomic mass is 10.2. The fraction of sp³-hybridized carbons (Fsp3) is 0.294. The zero-order chi connectivity index (χ0) is 18.1. The third kappa shape index (κ3) is 3.92. The standard InChI is InChI=1S/C17H19NO5S2/c19-17-13-24(20,21)12-16(17)18(11-14-7-3-1-4-8-14)25(22,23)15-9-5-2-6-10-15/h1-10,16-17,19H,11-13H2/t16-,17+/m1/s1. The van der Waals surface area contributed by atoms with Crippen LogP contribution in [-0.2, 0) is 26.4 Å². The first-order chi connectivity index (χ1) is 11.8. The van der Waals surface area contributed by atoms with Gasteiger partial charge >= 0.3 is 0 Å². The van der Waals surface area contributed by atoms with Gasteiger partial charge in [0.05, 0.1) is 28.5 Å². The Morgan fingerprint density at radius 3 is 2.04 bits per heavy atom. The predicted molar refractivity (Wildman–Crippen MR) is 94.1 cm³/mol. The summed E-state index contributed by atoms with van der Waals surface area (Å²) in [5, 5.41) is 10.2. The van der Waals surface area contributed by atoms with Crippen molar-refractivity contribution in [2.24, 2.45) is 0 Å². The maximum Gasteiger partial charge on any atom is 0.243 e. The Morgan fingerprint density at radius 1 is 0.960 bits per heavy atom. The van der Waals surface area contributed by atoms with E-state index in [4.69, 9.17) is 0 Å². The lowest BCUT2D eigenvalue weighted by molar-refractivity contribution is 0.125. The van der Waals surface area contributed by atoms with Gasteiger partial charge in [0.2, 0.25) is 10.0 Å². The van der Waals surface area contributed by atoms with Crippen LogP contribution in [0.15, 0.2) is 65.6 Å². The monoisotopic (exact) mass is 381 g/mol. The summed E-state index contributed by atoms with van der Waals surface area (Å²) in [5.74, 6) is -0.805. The average Bonchev–Trinajstić information content (AvgIpc) is 2.86. The zero-order valence-electron chi connectivity index (χ0n) is 13.4. The Morgan fingerprint density at radius 2 is 1.52 bits per heavy atom. The van der Waals surface area contributed by atoms with E-state index in [1.54, 1.807) is 42.5 Å². The van der Waals surface area contributed by atoms with Gasteiger partial charge in [-0.3, -0.25) is 0 Å². The van der Waals surface area contributed by atoms with Gasteiger partial charge in [-0.05, 0) is 17.7 Å². The van der Waals surface area contributed by atoms with Gasteiger partial charge in [0.25, 0.3) is 0 Å². The molecule has 1 heterocycles. The van der Waals surface area contributed by atoms with Gasteiger partial charge in [0.1, 0.15) is 0 Å². The molecule has 6 nitrogen and oxygen atoms in total. The van der Waals surface area contributed by atoms with E-state index >= 15 is 0 Å². The van der Waals surface area contributed by atoms with E-state index in [9.17, 15) is 21.9 Å². The largest absolute Gasteiger partial charge is 0.390 e. The second kappa shape index (κ2) is 6.87. The molecule has 1 aliphatic rings. The third-order valence-electron chi connectivity index (χ3n) is 4.19. The van der Waals surface area contributed by atoms with Crippen LogP contribution in [0.3, 0.4) is 0 Å². The van der Waals surface area contributed by atoms with Crippen molar-refractivity contribution in [2.45, 2.75) is 23.6 Å². The number of sulfonamides is 1. The second-order valence-electron chi connectivity index (χ2n) is 6.06. The van der Waals surface area contributed by atoms with E-state index in [-0.39, 0.29) is 17.2 Å². The van der Waals surface area contributed by atoms with Gasteiger partial charge in [-0.2, -0.15) is 4.31 Å². The second-order valence-corrected chi connectivity index (χ2v) is 10.1. The van der Waals surface area contributed by atoms with Crippen molar-refractivity contribution in [2.75, 3.05) is 11.5 Å². The first kappa shape index (κ1) is 18.1. The number of aliphatic hydroxyl groups excluding tert-OH is 1. The molecule has 0 radical (unpaired) electrons. The van der Waals surface area contributed by atoms with E-state index in [1.165, 1.54) is 12.1 Å². The Bertz CT molecular complexity index is 928. The summed E-state index contributed by atoms with van der Waals surface area (Å²) in [6.45, 7) is -0.00465. The topological polar surface area (TPSA) is 91.8 Å². The molecule has 0 amide bonds. The molecule has 0 aliphatic carbocycles. The Labute approximate surface area is 147 Å². The molecule has 0 aromatic heterocycles. The lowest BCUT2D eigenvalue weighted by Gasteiger charge is -2.29.